The molecular weight excluding hydrogens is 514 g/mol. The normalized spacial score (nSPS) is 12.5. The number of benzene rings is 2. The predicted octanol–water partition coefficient (Wildman–Crippen LogP) is 3.43. The summed E-state index contributed by atoms with van der Waals surface area (Å²) in [5.41, 5.74) is 1.65. The van der Waals surface area contributed by atoms with Crippen molar-refractivity contribution in [2.24, 2.45) is 22.1 Å². The van der Waals surface area contributed by atoms with E-state index in [4.69, 9.17) is 9.84 Å². The number of nitrogens with zero attached hydrogens (tertiary/aromatic N) is 2. The second-order valence-corrected chi connectivity index (χ2v) is 9.62. The quantitative estimate of drug-likeness (QED) is 0.142. The average molecular weight is 554 g/mol. The Bertz CT molecular complexity index is 1120. The maximum Gasteiger partial charge on any atom is 0.338 e. The standard InChI is InChI=1S/C29H39N5O6/c1-20(2)32-27(37)21(3)19-23(28(38)31-15-17-35)11-14-26(36)30-16-18-40-29(39)22-9-12-25(13-10-22)34-33-24-7-5-4-6-8-24/h4-10,12-13,20-21,23,35H,11,14-19H2,1-3H3,(H,30,36)(H,31,38)(H,32,37). The molecule has 40 heavy (non-hydrogen) atoms. The van der Waals surface area contributed by atoms with Crippen molar-refractivity contribution in [2.45, 2.75) is 46.1 Å². The molecule has 2 atom stereocenters. The van der Waals surface area contributed by atoms with E-state index >= 15 is 0 Å². The summed E-state index contributed by atoms with van der Waals surface area (Å²) in [7, 11) is 0. The van der Waals surface area contributed by atoms with Gasteiger partial charge >= 0.3 is 5.97 Å². The van der Waals surface area contributed by atoms with Crippen LogP contribution in [0.25, 0.3) is 0 Å². The molecule has 2 aromatic rings. The topological polar surface area (TPSA) is 159 Å². The Morgan fingerprint density at radius 1 is 0.850 bits per heavy atom. The molecule has 0 aliphatic rings. The summed E-state index contributed by atoms with van der Waals surface area (Å²) in [6, 6.07) is 15.8. The number of azo groups is 1. The molecule has 3 amide bonds. The van der Waals surface area contributed by atoms with E-state index in [1.807, 2.05) is 44.2 Å². The van der Waals surface area contributed by atoms with Crippen molar-refractivity contribution in [3.63, 3.8) is 0 Å². The fourth-order valence-electron chi connectivity index (χ4n) is 3.73. The van der Waals surface area contributed by atoms with Crippen molar-refractivity contribution in [2.75, 3.05) is 26.3 Å². The molecule has 2 aromatic carbocycles. The fourth-order valence-corrected chi connectivity index (χ4v) is 3.73. The zero-order valence-electron chi connectivity index (χ0n) is 23.3. The summed E-state index contributed by atoms with van der Waals surface area (Å²) in [5.74, 6) is -2.30. The van der Waals surface area contributed by atoms with Crippen LogP contribution in [0.15, 0.2) is 64.8 Å². The maximum atomic E-state index is 12.5. The van der Waals surface area contributed by atoms with Gasteiger partial charge < -0.3 is 25.8 Å². The molecule has 11 heteroatoms. The van der Waals surface area contributed by atoms with Crippen LogP contribution in [-0.2, 0) is 19.1 Å². The van der Waals surface area contributed by atoms with Crippen LogP contribution in [0.3, 0.4) is 0 Å². The summed E-state index contributed by atoms with van der Waals surface area (Å²) < 4.78 is 5.23. The van der Waals surface area contributed by atoms with Gasteiger partial charge in [0.1, 0.15) is 6.61 Å². The van der Waals surface area contributed by atoms with Gasteiger partial charge in [0.25, 0.3) is 0 Å². The second kappa shape index (κ2) is 17.5. The number of carbonyl (C=O) groups excluding carboxylic acids is 4. The summed E-state index contributed by atoms with van der Waals surface area (Å²) >= 11 is 0. The second-order valence-electron chi connectivity index (χ2n) is 9.62. The molecular formula is C29H39N5O6. The Labute approximate surface area is 234 Å². The van der Waals surface area contributed by atoms with E-state index in [1.54, 1.807) is 31.2 Å². The fraction of sp³-hybridized carbons (Fsp3) is 0.448. The highest BCUT2D eigenvalue weighted by Crippen LogP contribution is 2.20. The average Bonchev–Trinajstić information content (AvgIpc) is 2.95. The monoisotopic (exact) mass is 553 g/mol. The third-order valence-electron chi connectivity index (χ3n) is 5.82. The van der Waals surface area contributed by atoms with Crippen LogP contribution in [0.2, 0.25) is 0 Å². The summed E-state index contributed by atoms with van der Waals surface area (Å²) in [6.45, 7) is 5.43. The van der Waals surface area contributed by atoms with E-state index in [1.165, 1.54) is 0 Å². The molecule has 11 nitrogen and oxygen atoms in total. The van der Waals surface area contributed by atoms with Crippen LogP contribution in [0.1, 0.15) is 50.4 Å². The molecule has 0 saturated carbocycles. The Morgan fingerprint density at radius 3 is 2.12 bits per heavy atom. The number of aliphatic hydroxyl groups excluding tert-OH is 1. The Kier molecular flexibility index (Phi) is 14.0. The van der Waals surface area contributed by atoms with Crippen LogP contribution in [0, 0.1) is 11.8 Å². The van der Waals surface area contributed by atoms with Gasteiger partial charge in [-0.1, -0.05) is 25.1 Å². The summed E-state index contributed by atoms with van der Waals surface area (Å²) in [4.78, 5) is 49.5. The van der Waals surface area contributed by atoms with E-state index < -0.39 is 17.8 Å². The summed E-state index contributed by atoms with van der Waals surface area (Å²) in [5, 5.41) is 25.4. The van der Waals surface area contributed by atoms with Gasteiger partial charge in [0.05, 0.1) is 30.1 Å². The van der Waals surface area contributed by atoms with Gasteiger partial charge in [-0.15, -0.1) is 0 Å². The van der Waals surface area contributed by atoms with Gasteiger partial charge in [0.2, 0.25) is 17.7 Å². The Morgan fingerprint density at radius 2 is 1.50 bits per heavy atom. The van der Waals surface area contributed by atoms with E-state index in [0.717, 1.165) is 5.69 Å². The lowest BCUT2D eigenvalue weighted by Gasteiger charge is -2.21. The van der Waals surface area contributed by atoms with Gasteiger partial charge in [-0.3, -0.25) is 14.4 Å². The van der Waals surface area contributed by atoms with Crippen molar-refractivity contribution in [3.8, 4) is 0 Å². The van der Waals surface area contributed by atoms with E-state index in [-0.39, 0.29) is 69.3 Å². The highest BCUT2D eigenvalue weighted by Gasteiger charge is 2.25. The number of carbonyl (C=O) groups is 4. The van der Waals surface area contributed by atoms with E-state index in [0.29, 0.717) is 11.3 Å². The lowest BCUT2D eigenvalue weighted by Crippen LogP contribution is -2.39. The first-order chi connectivity index (χ1) is 19.2. The molecule has 0 bridgehead atoms. The molecule has 0 saturated heterocycles. The minimum Gasteiger partial charge on any atom is -0.460 e. The molecule has 0 fully saturated rings. The minimum absolute atomic E-state index is 0.0210. The molecule has 2 unspecified atom stereocenters. The molecule has 0 heterocycles. The molecule has 0 radical (unpaired) electrons. The van der Waals surface area contributed by atoms with E-state index in [9.17, 15) is 19.2 Å². The first-order valence-electron chi connectivity index (χ1n) is 13.4. The highest BCUT2D eigenvalue weighted by molar-refractivity contribution is 5.89. The van der Waals surface area contributed by atoms with Crippen molar-refractivity contribution < 1.29 is 29.0 Å². The SMILES string of the molecule is CC(C)NC(=O)C(C)CC(CCC(=O)NCCOC(=O)c1ccc(N=Nc2ccccc2)cc1)C(=O)NCCO. The molecule has 0 spiro atoms. The van der Waals surface area contributed by atoms with Gasteiger partial charge in [0, 0.05) is 30.8 Å². The van der Waals surface area contributed by atoms with Gasteiger partial charge in [-0.05, 0) is 63.1 Å². The summed E-state index contributed by atoms with van der Waals surface area (Å²) in [6.07, 6.45) is 0.561. The number of esters is 1. The third-order valence-corrected chi connectivity index (χ3v) is 5.82. The molecule has 2 rings (SSSR count). The number of rotatable bonds is 16. The number of nitrogens with one attached hydrogen (secondary N) is 3. The Balaban J connectivity index is 1.76. The zero-order chi connectivity index (χ0) is 29.3. The lowest BCUT2D eigenvalue weighted by atomic mass is 9.90. The zero-order valence-corrected chi connectivity index (χ0v) is 23.3. The van der Waals surface area contributed by atoms with Crippen molar-refractivity contribution >= 4 is 35.1 Å². The van der Waals surface area contributed by atoms with Crippen molar-refractivity contribution in [1.29, 1.82) is 0 Å². The first-order valence-corrected chi connectivity index (χ1v) is 13.4. The number of hydrogen-bond acceptors (Lipinski definition) is 8. The van der Waals surface area contributed by atoms with Crippen LogP contribution in [0.4, 0.5) is 11.4 Å². The number of amides is 3. The van der Waals surface area contributed by atoms with Crippen LogP contribution in [-0.4, -0.2) is 61.1 Å². The minimum atomic E-state index is -0.571. The highest BCUT2D eigenvalue weighted by atomic mass is 16.5. The lowest BCUT2D eigenvalue weighted by molar-refractivity contribution is -0.128. The number of ether oxygens (including phenoxy) is 1. The number of aliphatic hydroxyl groups is 1. The molecule has 0 aliphatic carbocycles. The molecule has 216 valence electrons. The van der Waals surface area contributed by atoms with Crippen molar-refractivity contribution in [1.82, 2.24) is 16.0 Å². The Hall–Kier alpha value is -4.12. The first kappa shape index (κ1) is 32.1. The van der Waals surface area contributed by atoms with Crippen LogP contribution in [0.5, 0.6) is 0 Å². The largest absolute Gasteiger partial charge is 0.460 e. The van der Waals surface area contributed by atoms with Crippen LogP contribution >= 0.6 is 0 Å². The molecule has 0 aromatic heterocycles. The predicted molar refractivity (Wildman–Crippen MR) is 150 cm³/mol. The van der Waals surface area contributed by atoms with Crippen LogP contribution < -0.4 is 16.0 Å². The van der Waals surface area contributed by atoms with Gasteiger partial charge in [-0.2, -0.15) is 10.2 Å². The smallest absolute Gasteiger partial charge is 0.338 e. The van der Waals surface area contributed by atoms with E-state index in [2.05, 4.69) is 26.2 Å². The maximum absolute atomic E-state index is 12.5. The third kappa shape index (κ3) is 12.2. The molecule has 4 N–H and O–H groups in total. The molecule has 0 aliphatic heterocycles. The van der Waals surface area contributed by atoms with Crippen molar-refractivity contribution in [3.05, 3.63) is 60.2 Å². The van der Waals surface area contributed by atoms with Gasteiger partial charge in [0.15, 0.2) is 0 Å². The van der Waals surface area contributed by atoms with Gasteiger partial charge in [-0.25, -0.2) is 4.79 Å². The number of hydrogen-bond donors (Lipinski definition) is 4.